The van der Waals surface area contributed by atoms with Gasteiger partial charge in [0.1, 0.15) is 17.5 Å². The fourth-order valence-electron chi connectivity index (χ4n) is 3.64. The summed E-state index contributed by atoms with van der Waals surface area (Å²) in [4.78, 5) is 37.1. The van der Waals surface area contributed by atoms with Crippen molar-refractivity contribution >= 4 is 24.4 Å². The Kier molecular flexibility index (Phi) is 12.8. The average Bonchev–Trinajstić information content (AvgIpc) is 3.68. The fourth-order valence-corrected chi connectivity index (χ4v) is 3.64. The first-order valence-electron chi connectivity index (χ1n) is 12.7. The van der Waals surface area contributed by atoms with Gasteiger partial charge in [-0.3, -0.25) is 29.5 Å². The summed E-state index contributed by atoms with van der Waals surface area (Å²) in [5.74, 6) is 0.719. The molecule has 0 spiro atoms. The minimum Gasteiger partial charge on any atom is -0.429 e. The monoisotopic (exact) mass is 664 g/mol. The molecule has 1 atom stereocenters. The van der Waals surface area contributed by atoms with Gasteiger partial charge in [-0.25, -0.2) is 0 Å². The summed E-state index contributed by atoms with van der Waals surface area (Å²) in [6, 6.07) is 17.9. The Bertz CT molecular complexity index is 1580. The maximum Gasteiger partial charge on any atom is 0.298 e. The van der Waals surface area contributed by atoms with E-state index in [9.17, 15) is 9.59 Å². The second kappa shape index (κ2) is 17.0. The molecule has 0 bridgehead atoms. The Balaban J connectivity index is 0.000000180. The molecule has 1 unspecified atom stereocenters. The number of carbonyl (C=O) groups excluding carboxylic acids is 2. The molecule has 0 saturated heterocycles. The molecule has 13 heteroatoms. The van der Waals surface area contributed by atoms with Crippen molar-refractivity contribution in [3.05, 3.63) is 109 Å². The van der Waals surface area contributed by atoms with Gasteiger partial charge in [0.05, 0.1) is 34.2 Å². The molecule has 0 N–H and O–H groups in total. The molecule has 0 saturated carbocycles. The number of carbonyl (C=O) groups is 2. The molecular formula is C30H26N8O4Ru. The third-order valence-corrected chi connectivity index (χ3v) is 5.55. The SMILES string of the molecule is CC1=CC(c2ccccn2)N=N1.CC1=NN=C(c2ccccn2)C1.O=COc1ccnc(-c2cc(OC=O)ccn2)c1.[Ru]. The van der Waals surface area contributed by atoms with Crippen molar-refractivity contribution in [1.29, 1.82) is 0 Å². The van der Waals surface area contributed by atoms with Crippen LogP contribution < -0.4 is 9.47 Å². The van der Waals surface area contributed by atoms with Crippen LogP contribution in [0.4, 0.5) is 0 Å². The van der Waals surface area contributed by atoms with Gasteiger partial charge in [-0.2, -0.15) is 20.4 Å². The van der Waals surface area contributed by atoms with Crippen molar-refractivity contribution in [2.24, 2.45) is 20.4 Å². The number of nitrogens with zero attached hydrogens (tertiary/aromatic N) is 8. The quantitative estimate of drug-likeness (QED) is 0.189. The van der Waals surface area contributed by atoms with E-state index in [0.29, 0.717) is 35.8 Å². The van der Waals surface area contributed by atoms with E-state index in [1.54, 1.807) is 36.7 Å². The number of pyridine rings is 4. The van der Waals surface area contributed by atoms with Crippen LogP contribution in [-0.4, -0.2) is 44.3 Å². The molecule has 4 aromatic heterocycles. The predicted molar refractivity (Wildman–Crippen MR) is 155 cm³/mol. The maximum absolute atomic E-state index is 10.2. The van der Waals surface area contributed by atoms with Gasteiger partial charge in [0, 0.05) is 68.5 Å². The van der Waals surface area contributed by atoms with Crippen LogP contribution in [0, 0.1) is 0 Å². The van der Waals surface area contributed by atoms with Gasteiger partial charge in [-0.15, -0.1) is 0 Å². The summed E-state index contributed by atoms with van der Waals surface area (Å²) in [5, 5.41) is 16.0. The normalized spacial score (nSPS) is 14.3. The Morgan fingerprint density at radius 1 is 0.721 bits per heavy atom. The van der Waals surface area contributed by atoms with Crippen LogP contribution in [0.3, 0.4) is 0 Å². The van der Waals surface area contributed by atoms with E-state index in [1.165, 1.54) is 12.4 Å². The Morgan fingerprint density at radius 3 is 1.79 bits per heavy atom. The van der Waals surface area contributed by atoms with Crippen molar-refractivity contribution in [3.8, 4) is 22.9 Å². The molecule has 0 aromatic carbocycles. The van der Waals surface area contributed by atoms with Crippen LogP contribution in [0.25, 0.3) is 11.4 Å². The van der Waals surface area contributed by atoms with Crippen LogP contribution in [0.1, 0.15) is 37.7 Å². The van der Waals surface area contributed by atoms with E-state index >= 15 is 0 Å². The predicted octanol–water partition coefficient (Wildman–Crippen LogP) is 5.35. The molecule has 218 valence electrons. The summed E-state index contributed by atoms with van der Waals surface area (Å²) < 4.78 is 9.42. The third-order valence-electron chi connectivity index (χ3n) is 5.55. The zero-order valence-corrected chi connectivity index (χ0v) is 24.9. The zero-order valence-electron chi connectivity index (χ0n) is 23.2. The van der Waals surface area contributed by atoms with Gasteiger partial charge < -0.3 is 9.47 Å². The zero-order chi connectivity index (χ0) is 29.6. The molecule has 4 aromatic rings. The molecule has 2 aliphatic rings. The van der Waals surface area contributed by atoms with E-state index < -0.39 is 0 Å². The van der Waals surface area contributed by atoms with Gasteiger partial charge in [0.15, 0.2) is 0 Å². The second-order valence-electron chi connectivity index (χ2n) is 8.68. The Hall–Kier alpha value is -5.16. The number of hydrogen-bond acceptors (Lipinski definition) is 12. The van der Waals surface area contributed by atoms with Crippen LogP contribution >= 0.6 is 0 Å². The van der Waals surface area contributed by atoms with Gasteiger partial charge in [-0.05, 0) is 56.3 Å². The number of rotatable bonds is 7. The van der Waals surface area contributed by atoms with E-state index in [-0.39, 0.29) is 25.5 Å². The van der Waals surface area contributed by atoms with Crippen LogP contribution in [0.2, 0.25) is 0 Å². The fraction of sp³-hybridized carbons (Fsp3) is 0.133. The van der Waals surface area contributed by atoms with Crippen LogP contribution in [0.15, 0.2) is 118 Å². The van der Waals surface area contributed by atoms with Crippen molar-refractivity contribution < 1.29 is 38.5 Å². The minimum absolute atomic E-state index is 0. The number of hydrogen-bond donors (Lipinski definition) is 0. The van der Waals surface area contributed by atoms with Gasteiger partial charge in [-0.1, -0.05) is 12.1 Å². The van der Waals surface area contributed by atoms with E-state index in [0.717, 1.165) is 34.9 Å². The molecule has 0 fully saturated rings. The smallest absolute Gasteiger partial charge is 0.298 e. The Labute approximate surface area is 260 Å². The van der Waals surface area contributed by atoms with Crippen molar-refractivity contribution in [3.63, 3.8) is 0 Å². The molecular weight excluding hydrogens is 637 g/mol. The topological polar surface area (TPSA) is 154 Å². The molecule has 6 heterocycles. The number of ether oxygens (including phenoxy) is 2. The van der Waals surface area contributed by atoms with E-state index in [2.05, 4.69) is 40.4 Å². The van der Waals surface area contributed by atoms with Gasteiger partial charge in [0.25, 0.3) is 12.9 Å². The number of aromatic nitrogens is 4. The molecule has 6 rings (SSSR count). The first-order valence-corrected chi connectivity index (χ1v) is 12.7. The summed E-state index contributed by atoms with van der Waals surface area (Å²) in [5.41, 5.74) is 5.88. The van der Waals surface area contributed by atoms with Crippen molar-refractivity contribution in [1.82, 2.24) is 19.9 Å². The average molecular weight is 664 g/mol. The van der Waals surface area contributed by atoms with Crippen LogP contribution in [0.5, 0.6) is 11.5 Å². The summed E-state index contributed by atoms with van der Waals surface area (Å²) in [6.45, 7) is 4.57. The van der Waals surface area contributed by atoms with Crippen molar-refractivity contribution in [2.75, 3.05) is 0 Å². The molecule has 12 nitrogen and oxygen atoms in total. The number of azo groups is 1. The first-order chi connectivity index (χ1) is 20.6. The first kappa shape index (κ1) is 32.4. The summed E-state index contributed by atoms with van der Waals surface area (Å²) in [6.07, 6.45) is 9.35. The Morgan fingerprint density at radius 2 is 1.33 bits per heavy atom. The minimum atomic E-state index is 0. The van der Waals surface area contributed by atoms with Gasteiger partial charge >= 0.3 is 0 Å². The molecule has 43 heavy (non-hydrogen) atoms. The third kappa shape index (κ3) is 10.0. The van der Waals surface area contributed by atoms with Gasteiger partial charge in [0.2, 0.25) is 0 Å². The largest absolute Gasteiger partial charge is 0.429 e. The van der Waals surface area contributed by atoms with E-state index in [1.807, 2.05) is 56.3 Å². The maximum atomic E-state index is 10.2. The van der Waals surface area contributed by atoms with Crippen molar-refractivity contribution in [2.45, 2.75) is 26.3 Å². The standard InChI is InChI=1S/C12H8N2O4.2C9H9N3.Ru/c15-7-17-9-1-3-13-11(5-9)12-6-10(18-8-16)2-4-14-12;2*1-7-6-9(12-11-7)8-4-2-3-5-10-8;/h1-8H;2-5H,6H2,1H3;2-6,9H,1H3;. The molecule has 0 amide bonds. The van der Waals surface area contributed by atoms with E-state index in [4.69, 9.17) is 9.47 Å². The summed E-state index contributed by atoms with van der Waals surface area (Å²) in [7, 11) is 0. The molecule has 0 aliphatic carbocycles. The van der Waals surface area contributed by atoms with Crippen LogP contribution in [-0.2, 0) is 29.1 Å². The summed E-state index contributed by atoms with van der Waals surface area (Å²) >= 11 is 0. The second-order valence-corrected chi connectivity index (χ2v) is 8.68. The number of allylic oxidation sites excluding steroid dienone is 1. The molecule has 2 aliphatic heterocycles. The molecule has 0 radical (unpaired) electrons.